The van der Waals surface area contributed by atoms with E-state index in [2.05, 4.69) is 0 Å². The van der Waals surface area contributed by atoms with E-state index in [0.717, 1.165) is 0 Å². The number of alkyl halides is 19. The van der Waals surface area contributed by atoms with Crippen LogP contribution in [0.4, 0.5) is 83.4 Å². The van der Waals surface area contributed by atoms with Crippen LogP contribution < -0.4 is 0 Å². The van der Waals surface area contributed by atoms with E-state index in [1.807, 2.05) is 0 Å². The Bertz CT molecular complexity index is 623. The van der Waals surface area contributed by atoms with Crippen LogP contribution in [0, 0.1) is 0 Å². The molecule has 0 bridgehead atoms. The van der Waals surface area contributed by atoms with Crippen LogP contribution in [0.25, 0.3) is 0 Å². The van der Waals surface area contributed by atoms with Crippen molar-refractivity contribution in [2.75, 3.05) is 0 Å². The van der Waals surface area contributed by atoms with E-state index in [-0.39, 0.29) is 0 Å². The van der Waals surface area contributed by atoms with Gasteiger partial charge in [-0.05, 0) is 6.92 Å². The fourth-order valence-corrected chi connectivity index (χ4v) is 1.73. The molecule has 0 aromatic carbocycles. The molecule has 0 saturated heterocycles. The third-order valence-corrected chi connectivity index (χ3v) is 3.53. The first-order valence-electron chi connectivity index (χ1n) is 6.99. The summed E-state index contributed by atoms with van der Waals surface area (Å²) in [5.74, 6) is -23.1. The summed E-state index contributed by atoms with van der Waals surface area (Å²) in [5.41, 5.74) is 0. The molecule has 0 aromatic rings. The highest BCUT2D eigenvalue weighted by molar-refractivity contribution is 5.05. The molecule has 2 nitrogen and oxygen atoms in total. The highest BCUT2D eigenvalue weighted by Crippen LogP contribution is 2.59. The fraction of sp³-hybridized carbons (Fsp3) is 1.00. The van der Waals surface area contributed by atoms with Gasteiger partial charge in [0.2, 0.25) is 6.17 Å². The number of aliphatic hydroxyl groups excluding tert-OH is 1. The van der Waals surface area contributed by atoms with Gasteiger partial charge in [0.25, 0.3) is 0 Å². The Morgan fingerprint density at radius 2 is 0.812 bits per heavy atom. The van der Waals surface area contributed by atoms with Crippen LogP contribution in [0.3, 0.4) is 0 Å². The Labute approximate surface area is 162 Å². The molecule has 0 saturated carbocycles. The standard InChI is InChI=1S/C11H6F19NO/c1-2(32)4(13,14)3(12)5(15,16)31(10(27,28)6(17,18)8(21,22)23)11(29,30)7(19,20)9(24,25)26/h2-3,32H,1H3. The minimum atomic E-state index is -8.63. The lowest BCUT2D eigenvalue weighted by Gasteiger charge is -2.47. The molecular weight excluding hydrogens is 523 g/mol. The van der Waals surface area contributed by atoms with Crippen molar-refractivity contribution in [3.05, 3.63) is 0 Å². The van der Waals surface area contributed by atoms with Crippen molar-refractivity contribution in [2.24, 2.45) is 0 Å². The summed E-state index contributed by atoms with van der Waals surface area (Å²) in [6.07, 6.45) is -26.1. The molecule has 21 heteroatoms. The molecule has 2 unspecified atom stereocenters. The quantitative estimate of drug-likeness (QED) is 0.317. The molecule has 32 heavy (non-hydrogen) atoms. The van der Waals surface area contributed by atoms with Crippen molar-refractivity contribution in [2.45, 2.75) is 67.5 Å². The van der Waals surface area contributed by atoms with Gasteiger partial charge in [-0.25, -0.2) is 13.2 Å². The molecule has 0 heterocycles. The molecule has 0 radical (unpaired) electrons. The number of aliphatic hydroxyl groups is 1. The minimum Gasteiger partial charge on any atom is -0.387 e. The Morgan fingerprint density at radius 3 is 1.00 bits per heavy atom. The van der Waals surface area contributed by atoms with Crippen LogP contribution in [0.2, 0.25) is 0 Å². The number of nitrogens with zero attached hydrogens (tertiary/aromatic N) is 1. The molecule has 0 aromatic heterocycles. The summed E-state index contributed by atoms with van der Waals surface area (Å²) in [7, 11) is 0. The van der Waals surface area contributed by atoms with E-state index in [1.54, 1.807) is 0 Å². The summed E-state index contributed by atoms with van der Waals surface area (Å²) < 4.78 is 246. The molecule has 0 aliphatic rings. The van der Waals surface area contributed by atoms with Gasteiger partial charge in [0.1, 0.15) is 6.10 Å². The lowest BCUT2D eigenvalue weighted by molar-refractivity contribution is -0.501. The Hall–Kier alpha value is -1.41. The van der Waals surface area contributed by atoms with E-state index in [4.69, 9.17) is 5.11 Å². The van der Waals surface area contributed by atoms with Crippen LogP contribution in [0.5, 0.6) is 0 Å². The Kier molecular flexibility index (Phi) is 7.48. The van der Waals surface area contributed by atoms with E-state index in [1.165, 1.54) is 0 Å². The SMILES string of the molecule is CC(O)C(F)(F)C(F)C(F)(F)N(C(F)(F)C(F)(F)C(F)(F)F)C(F)(F)C(F)(F)C(F)(F)F. The lowest BCUT2D eigenvalue weighted by atomic mass is 10.0. The zero-order chi connectivity index (χ0) is 26.7. The maximum Gasteiger partial charge on any atom is 0.461 e. The Balaban J connectivity index is 7.40. The van der Waals surface area contributed by atoms with Crippen molar-refractivity contribution in [3.63, 3.8) is 0 Å². The van der Waals surface area contributed by atoms with E-state index >= 15 is 0 Å². The largest absolute Gasteiger partial charge is 0.461 e. The second-order valence-corrected chi connectivity index (χ2v) is 5.86. The van der Waals surface area contributed by atoms with Gasteiger partial charge >= 0.3 is 48.3 Å². The van der Waals surface area contributed by atoms with Crippen LogP contribution in [-0.2, 0) is 0 Å². The molecule has 194 valence electrons. The van der Waals surface area contributed by atoms with Gasteiger partial charge in [-0.1, -0.05) is 0 Å². The molecule has 1 N–H and O–H groups in total. The minimum absolute atomic E-state index is 0.405. The topological polar surface area (TPSA) is 23.5 Å². The van der Waals surface area contributed by atoms with Gasteiger partial charge in [0, 0.05) is 0 Å². The maximum atomic E-state index is 13.8. The smallest absolute Gasteiger partial charge is 0.387 e. The lowest BCUT2D eigenvalue weighted by Crippen LogP contribution is -2.77. The highest BCUT2D eigenvalue weighted by atomic mass is 19.4. The molecule has 0 spiro atoms. The molecule has 0 aliphatic heterocycles. The van der Waals surface area contributed by atoms with Crippen LogP contribution in [-0.4, -0.2) is 70.5 Å². The Morgan fingerprint density at radius 1 is 0.562 bits per heavy atom. The zero-order valence-corrected chi connectivity index (χ0v) is 14.2. The fourth-order valence-electron chi connectivity index (χ4n) is 1.73. The first-order valence-corrected chi connectivity index (χ1v) is 6.99. The van der Waals surface area contributed by atoms with E-state index in [9.17, 15) is 83.4 Å². The maximum absolute atomic E-state index is 13.8. The average Bonchev–Trinajstić information content (AvgIpc) is 2.50. The van der Waals surface area contributed by atoms with Gasteiger partial charge in [0.15, 0.2) is 0 Å². The number of hydrogen-bond acceptors (Lipinski definition) is 2. The molecule has 0 fully saturated rings. The number of halogens is 19. The number of hydrogen-bond donors (Lipinski definition) is 1. The average molecular weight is 529 g/mol. The van der Waals surface area contributed by atoms with Gasteiger partial charge < -0.3 is 5.11 Å². The highest BCUT2D eigenvalue weighted by Gasteiger charge is 2.89. The monoisotopic (exact) mass is 529 g/mol. The normalized spacial score (nSPS) is 18.2. The summed E-state index contributed by atoms with van der Waals surface area (Å²) >= 11 is 0. The van der Waals surface area contributed by atoms with Crippen molar-refractivity contribution < 1.29 is 88.5 Å². The van der Waals surface area contributed by atoms with Crippen molar-refractivity contribution in [1.82, 2.24) is 4.90 Å². The predicted octanol–water partition coefficient (Wildman–Crippen LogP) is 5.82. The van der Waals surface area contributed by atoms with Gasteiger partial charge in [-0.2, -0.15) is 70.2 Å². The van der Waals surface area contributed by atoms with Crippen LogP contribution in [0.15, 0.2) is 0 Å². The van der Waals surface area contributed by atoms with Crippen molar-refractivity contribution >= 4 is 0 Å². The van der Waals surface area contributed by atoms with Crippen molar-refractivity contribution in [3.8, 4) is 0 Å². The summed E-state index contributed by atoms with van der Waals surface area (Å²) in [5, 5.41) is 8.41. The summed E-state index contributed by atoms with van der Waals surface area (Å²) in [4.78, 5) is -4.94. The molecule has 2 atom stereocenters. The van der Waals surface area contributed by atoms with Crippen LogP contribution in [0.1, 0.15) is 6.92 Å². The van der Waals surface area contributed by atoms with Crippen molar-refractivity contribution in [1.29, 1.82) is 0 Å². The van der Waals surface area contributed by atoms with Gasteiger partial charge in [-0.3, -0.25) is 0 Å². The predicted molar refractivity (Wildman–Crippen MR) is 60.2 cm³/mol. The molecule has 0 rings (SSSR count). The molecule has 0 amide bonds. The third-order valence-electron chi connectivity index (χ3n) is 3.53. The molecule has 0 aliphatic carbocycles. The van der Waals surface area contributed by atoms with E-state index < -0.39 is 72.4 Å². The number of rotatable bonds is 8. The first kappa shape index (κ1) is 30.6. The van der Waals surface area contributed by atoms with Gasteiger partial charge in [0.05, 0.1) is 0 Å². The first-order chi connectivity index (χ1) is 13.5. The second kappa shape index (κ2) is 7.83. The summed E-state index contributed by atoms with van der Waals surface area (Å²) in [6, 6.07) is -25.3. The summed E-state index contributed by atoms with van der Waals surface area (Å²) in [6.45, 7) is -0.405. The zero-order valence-electron chi connectivity index (χ0n) is 14.2. The second-order valence-electron chi connectivity index (χ2n) is 5.86. The van der Waals surface area contributed by atoms with Crippen LogP contribution >= 0.6 is 0 Å². The third kappa shape index (κ3) is 4.37. The van der Waals surface area contributed by atoms with Gasteiger partial charge in [-0.15, -0.1) is 4.90 Å². The molecular formula is C11H6F19NO. The van der Waals surface area contributed by atoms with E-state index in [0.29, 0.717) is 0 Å².